The van der Waals surface area contributed by atoms with Gasteiger partial charge in [0.15, 0.2) is 11.6 Å². The van der Waals surface area contributed by atoms with Crippen LogP contribution in [-0.4, -0.2) is 32.8 Å². The van der Waals surface area contributed by atoms with E-state index in [1.54, 1.807) is 0 Å². The summed E-state index contributed by atoms with van der Waals surface area (Å²) in [6.07, 6.45) is 3.61. The van der Waals surface area contributed by atoms with Gasteiger partial charge in [0.25, 0.3) is 0 Å². The van der Waals surface area contributed by atoms with Crippen LogP contribution in [-0.2, 0) is 6.61 Å². The Hall–Kier alpha value is -2.73. The van der Waals surface area contributed by atoms with E-state index in [1.165, 1.54) is 19.3 Å². The summed E-state index contributed by atoms with van der Waals surface area (Å²) >= 11 is 0. The maximum absolute atomic E-state index is 5.89. The predicted octanol–water partition coefficient (Wildman–Crippen LogP) is 3.41. The first kappa shape index (κ1) is 17.4. The van der Waals surface area contributed by atoms with Crippen molar-refractivity contribution in [3.8, 4) is 11.6 Å². The van der Waals surface area contributed by atoms with Crippen LogP contribution in [0.2, 0.25) is 0 Å². The number of hydrogen-bond acceptors (Lipinski definition) is 5. The van der Waals surface area contributed by atoms with Crippen molar-refractivity contribution < 1.29 is 4.74 Å². The van der Waals surface area contributed by atoms with E-state index in [9.17, 15) is 0 Å². The molecule has 0 amide bonds. The molecule has 1 atom stereocenters. The van der Waals surface area contributed by atoms with E-state index in [0.29, 0.717) is 23.8 Å². The molecule has 6 nitrogen and oxygen atoms in total. The van der Waals surface area contributed by atoms with E-state index >= 15 is 0 Å². The fourth-order valence-electron chi connectivity index (χ4n) is 4.33. The molecule has 28 heavy (non-hydrogen) atoms. The van der Waals surface area contributed by atoms with Crippen molar-refractivity contribution in [1.82, 2.24) is 25.1 Å². The molecular formula is C22H25N5O. The summed E-state index contributed by atoms with van der Waals surface area (Å²) in [6.45, 7) is 4.55. The highest BCUT2D eigenvalue weighted by Crippen LogP contribution is 2.63. The van der Waals surface area contributed by atoms with Crippen LogP contribution in [0.4, 0.5) is 0 Å². The molecule has 6 heteroatoms. The zero-order chi connectivity index (χ0) is 19.0. The Labute approximate surface area is 165 Å². The number of rotatable bonds is 5. The molecule has 1 aliphatic carbocycles. The highest BCUT2D eigenvalue weighted by molar-refractivity contribution is 5.30. The number of piperidine rings is 1. The van der Waals surface area contributed by atoms with Gasteiger partial charge in [0, 0.05) is 11.6 Å². The average molecular weight is 375 g/mol. The second-order valence-electron chi connectivity index (χ2n) is 7.91. The molecule has 3 aromatic rings. The molecule has 1 saturated heterocycles. The van der Waals surface area contributed by atoms with Gasteiger partial charge in [-0.05, 0) is 69.0 Å². The topological polar surface area (TPSA) is 64.9 Å². The maximum Gasteiger partial charge on any atom is 0.188 e. The lowest BCUT2D eigenvalue weighted by molar-refractivity contribution is 0.295. The van der Waals surface area contributed by atoms with Gasteiger partial charge in [0.1, 0.15) is 18.2 Å². The number of nitrogens with zero attached hydrogens (tertiary/aromatic N) is 4. The molecule has 3 heterocycles. The maximum atomic E-state index is 5.89. The van der Waals surface area contributed by atoms with Gasteiger partial charge in [-0.1, -0.05) is 24.3 Å². The molecule has 5 rings (SSSR count). The van der Waals surface area contributed by atoms with E-state index in [4.69, 9.17) is 14.8 Å². The van der Waals surface area contributed by atoms with E-state index in [2.05, 4.69) is 10.3 Å². The monoisotopic (exact) mass is 375 g/mol. The standard InChI is InChI=1S/C22H25N5O/c1-16-6-5-9-20(24-16)27-21(18-14-22(18)10-12-23-13-11-22)25-19(26-27)15-28-17-7-3-2-4-8-17/h2-9,18,23H,10-15H2,1H3. The number of benzene rings is 1. The summed E-state index contributed by atoms with van der Waals surface area (Å²) in [5, 5.41) is 8.25. The number of pyridine rings is 1. The van der Waals surface area contributed by atoms with Crippen LogP contribution >= 0.6 is 0 Å². The van der Waals surface area contributed by atoms with Gasteiger partial charge in [0.05, 0.1) is 0 Å². The molecule has 1 aliphatic heterocycles. The summed E-state index contributed by atoms with van der Waals surface area (Å²) < 4.78 is 7.83. The molecule has 1 unspecified atom stereocenters. The molecule has 2 aromatic heterocycles. The van der Waals surface area contributed by atoms with Crippen LogP contribution in [0.25, 0.3) is 5.82 Å². The van der Waals surface area contributed by atoms with Gasteiger partial charge in [-0.15, -0.1) is 5.10 Å². The van der Waals surface area contributed by atoms with Crippen LogP contribution < -0.4 is 10.1 Å². The van der Waals surface area contributed by atoms with Crippen LogP contribution in [0, 0.1) is 12.3 Å². The van der Waals surface area contributed by atoms with Gasteiger partial charge in [-0.2, -0.15) is 4.68 Å². The molecule has 1 N–H and O–H groups in total. The van der Waals surface area contributed by atoms with Crippen molar-refractivity contribution in [3.63, 3.8) is 0 Å². The minimum Gasteiger partial charge on any atom is -0.486 e. The number of para-hydroxylation sites is 1. The lowest BCUT2D eigenvalue weighted by Crippen LogP contribution is -2.29. The Bertz CT molecular complexity index is 962. The Kier molecular flexibility index (Phi) is 4.36. The number of aromatic nitrogens is 4. The summed E-state index contributed by atoms with van der Waals surface area (Å²) in [5.41, 5.74) is 1.37. The van der Waals surface area contributed by atoms with Crippen molar-refractivity contribution >= 4 is 0 Å². The Morgan fingerprint density at radius 2 is 1.89 bits per heavy atom. The van der Waals surface area contributed by atoms with Crippen LogP contribution in [0.3, 0.4) is 0 Å². The van der Waals surface area contributed by atoms with E-state index in [-0.39, 0.29) is 0 Å². The minimum atomic E-state index is 0.358. The first-order valence-electron chi connectivity index (χ1n) is 10.0. The summed E-state index contributed by atoms with van der Waals surface area (Å²) in [6, 6.07) is 15.8. The fourth-order valence-corrected chi connectivity index (χ4v) is 4.33. The van der Waals surface area contributed by atoms with Gasteiger partial charge >= 0.3 is 0 Å². The van der Waals surface area contributed by atoms with Crippen molar-refractivity contribution in [3.05, 3.63) is 65.9 Å². The molecule has 144 valence electrons. The minimum absolute atomic E-state index is 0.358. The molecule has 0 bridgehead atoms. The van der Waals surface area contributed by atoms with E-state index in [0.717, 1.165) is 36.2 Å². The Balaban J connectivity index is 1.45. The first-order chi connectivity index (χ1) is 13.7. The van der Waals surface area contributed by atoms with Crippen LogP contribution in [0.15, 0.2) is 48.5 Å². The zero-order valence-electron chi connectivity index (χ0n) is 16.1. The molecule has 1 saturated carbocycles. The lowest BCUT2D eigenvalue weighted by Gasteiger charge is -2.23. The second kappa shape index (κ2) is 7.02. The van der Waals surface area contributed by atoms with Crippen molar-refractivity contribution in [2.24, 2.45) is 5.41 Å². The molecule has 1 spiro atoms. The Morgan fingerprint density at radius 3 is 2.68 bits per heavy atom. The molecule has 0 radical (unpaired) electrons. The average Bonchev–Trinajstić information content (AvgIpc) is 3.23. The lowest BCUT2D eigenvalue weighted by atomic mass is 9.92. The molecule has 2 fully saturated rings. The van der Waals surface area contributed by atoms with Crippen molar-refractivity contribution in [2.45, 2.75) is 38.7 Å². The molecule has 1 aromatic carbocycles. The smallest absolute Gasteiger partial charge is 0.188 e. The summed E-state index contributed by atoms with van der Waals surface area (Å²) in [7, 11) is 0. The second-order valence-corrected chi connectivity index (χ2v) is 7.91. The first-order valence-corrected chi connectivity index (χ1v) is 10.0. The third kappa shape index (κ3) is 3.29. The van der Waals surface area contributed by atoms with Gasteiger partial charge in [0.2, 0.25) is 0 Å². The van der Waals surface area contributed by atoms with Crippen LogP contribution in [0.5, 0.6) is 5.75 Å². The van der Waals surface area contributed by atoms with E-state index < -0.39 is 0 Å². The van der Waals surface area contributed by atoms with Gasteiger partial charge < -0.3 is 10.1 Å². The Morgan fingerprint density at radius 1 is 1.07 bits per heavy atom. The van der Waals surface area contributed by atoms with Gasteiger partial charge in [-0.25, -0.2) is 9.97 Å². The summed E-state index contributed by atoms with van der Waals surface area (Å²) in [5.74, 6) is 3.86. The normalized spacial score (nSPS) is 20.2. The largest absolute Gasteiger partial charge is 0.486 e. The van der Waals surface area contributed by atoms with Crippen molar-refractivity contribution in [2.75, 3.05) is 13.1 Å². The fraction of sp³-hybridized carbons (Fsp3) is 0.409. The SMILES string of the molecule is Cc1cccc(-n2nc(COc3ccccc3)nc2C2CC23CCNCC3)n1. The summed E-state index contributed by atoms with van der Waals surface area (Å²) in [4.78, 5) is 9.60. The molecular weight excluding hydrogens is 350 g/mol. The quantitative estimate of drug-likeness (QED) is 0.740. The number of ether oxygens (including phenoxy) is 1. The molecule has 2 aliphatic rings. The third-order valence-electron chi connectivity index (χ3n) is 5.98. The highest BCUT2D eigenvalue weighted by Gasteiger charge is 2.57. The van der Waals surface area contributed by atoms with Crippen molar-refractivity contribution in [1.29, 1.82) is 0 Å². The third-order valence-corrected chi connectivity index (χ3v) is 5.98. The van der Waals surface area contributed by atoms with Crippen LogP contribution in [0.1, 0.15) is 42.5 Å². The predicted molar refractivity (Wildman–Crippen MR) is 107 cm³/mol. The highest BCUT2D eigenvalue weighted by atomic mass is 16.5. The zero-order valence-corrected chi connectivity index (χ0v) is 16.1. The number of hydrogen-bond donors (Lipinski definition) is 1. The number of aryl methyl sites for hydroxylation is 1. The van der Waals surface area contributed by atoms with Gasteiger partial charge in [-0.3, -0.25) is 0 Å². The number of nitrogens with one attached hydrogen (secondary N) is 1. The van der Waals surface area contributed by atoms with E-state index in [1.807, 2.05) is 60.1 Å².